The second kappa shape index (κ2) is 21.9. The van der Waals surface area contributed by atoms with Crippen LogP contribution in [0.2, 0.25) is 0 Å². The fourth-order valence-corrected chi connectivity index (χ4v) is 9.81. The molecule has 2 aliphatic rings. The molecule has 0 spiro atoms. The molecule has 0 radical (unpaired) electrons. The second-order valence-corrected chi connectivity index (χ2v) is 18.2. The third kappa shape index (κ3) is 11.1. The van der Waals surface area contributed by atoms with Crippen molar-refractivity contribution in [1.29, 1.82) is 0 Å². The van der Waals surface area contributed by atoms with Gasteiger partial charge in [-0.1, -0.05) is 97.8 Å². The van der Waals surface area contributed by atoms with E-state index in [4.69, 9.17) is 18.3 Å². The van der Waals surface area contributed by atoms with Crippen molar-refractivity contribution in [2.45, 2.75) is 44.9 Å². The van der Waals surface area contributed by atoms with Crippen LogP contribution in [-0.2, 0) is 9.59 Å². The first-order chi connectivity index (χ1) is 34.8. The zero-order valence-corrected chi connectivity index (χ0v) is 39.6. The molecule has 4 heterocycles. The highest BCUT2D eigenvalue weighted by molar-refractivity contribution is 6.08. The maximum atomic E-state index is 13.7. The molecule has 12 nitrogen and oxygen atoms in total. The van der Waals surface area contributed by atoms with E-state index < -0.39 is 29.5 Å². The van der Waals surface area contributed by atoms with Crippen LogP contribution in [0, 0.1) is 0 Å². The van der Waals surface area contributed by atoms with Gasteiger partial charge in [0, 0.05) is 46.4 Å². The number of para-hydroxylation sites is 2. The van der Waals surface area contributed by atoms with Gasteiger partial charge in [0.05, 0.1) is 11.1 Å². The molecule has 2 N–H and O–H groups in total. The lowest BCUT2D eigenvalue weighted by Crippen LogP contribution is -2.33. The number of piperidine rings is 2. The Hall–Kier alpha value is -7.80. The van der Waals surface area contributed by atoms with Gasteiger partial charge in [-0.3, -0.25) is 19.4 Å². The minimum atomic E-state index is -0.521. The van der Waals surface area contributed by atoms with Gasteiger partial charge < -0.3 is 28.9 Å². The Morgan fingerprint density at radius 2 is 0.789 bits per heavy atom. The van der Waals surface area contributed by atoms with Gasteiger partial charge in [-0.05, 0) is 135 Å². The topological polar surface area (TPSA) is 144 Å². The molecule has 8 aromatic rings. The first kappa shape index (κ1) is 46.9. The van der Waals surface area contributed by atoms with Crippen LogP contribution >= 0.6 is 0 Å². The van der Waals surface area contributed by atoms with Crippen molar-refractivity contribution < 1.29 is 27.9 Å². The van der Waals surface area contributed by atoms with Crippen molar-refractivity contribution in [3.63, 3.8) is 0 Å². The minimum Gasteiger partial charge on any atom is -0.492 e. The summed E-state index contributed by atoms with van der Waals surface area (Å²) in [5.41, 5.74) is 6.00. The van der Waals surface area contributed by atoms with Crippen molar-refractivity contribution >= 4 is 45.1 Å². The van der Waals surface area contributed by atoms with E-state index in [1.165, 1.54) is 38.5 Å². The molecule has 0 unspecified atom stereocenters. The number of hydrogen-bond donors (Lipinski definition) is 2. The number of hydrogen-bond acceptors (Lipinski definition) is 10. The Balaban J connectivity index is 0.792. The van der Waals surface area contributed by atoms with Gasteiger partial charge >= 0.3 is 11.3 Å². The summed E-state index contributed by atoms with van der Waals surface area (Å²) < 4.78 is 23.8. The normalized spacial score (nSPS) is 14.3. The molecule has 2 saturated heterocycles. The predicted octanol–water partition coefficient (Wildman–Crippen LogP) is 11.3. The Morgan fingerprint density at radius 3 is 1.18 bits per heavy atom. The maximum Gasteiger partial charge on any atom is 0.344 e. The summed E-state index contributed by atoms with van der Waals surface area (Å²) in [6.45, 7) is 7.44. The quantitative estimate of drug-likeness (QED) is 0.0709. The number of fused-ring (bicyclic) bond motifs is 2. The number of nitrogens with one attached hydrogen (secondary N) is 2. The Kier molecular flexibility index (Phi) is 14.5. The second-order valence-electron chi connectivity index (χ2n) is 18.2. The van der Waals surface area contributed by atoms with Crippen molar-refractivity contribution in [3.8, 4) is 56.0 Å². The number of benzene rings is 6. The lowest BCUT2D eigenvalue weighted by Gasteiger charge is -2.26. The fourth-order valence-electron chi connectivity index (χ4n) is 9.81. The van der Waals surface area contributed by atoms with Crippen molar-refractivity contribution in [2.24, 2.45) is 0 Å². The van der Waals surface area contributed by atoms with Gasteiger partial charge in [0.25, 0.3) is 0 Å². The maximum absolute atomic E-state index is 13.7. The average molecular weight is 949 g/mol. The standard InChI is InChI=1S/C59H56N4O8/c64-52(60-44-23-15-42(16-24-44)56-54(48-11-3-5-13-50(48)70-58(56)66)40-19-27-46(28-20-40)68-37-35-62-31-7-1-8-32-62)39-53(65)61-45-25-17-43(18-26-45)57-55(49-12-4-6-14-51(49)71-59(57)67)41-21-29-47(30-22-41)69-38-36-63-33-9-2-10-34-63/h3-6,11-30H,1-2,7-10,31-39H2,(H,60,64)(H,61,65). The van der Waals surface area contributed by atoms with Crippen molar-refractivity contribution in [1.82, 2.24) is 9.80 Å². The third-order valence-corrected chi connectivity index (χ3v) is 13.4. The summed E-state index contributed by atoms with van der Waals surface area (Å²) in [5, 5.41) is 7.17. The van der Waals surface area contributed by atoms with Gasteiger partial charge in [-0.25, -0.2) is 9.59 Å². The van der Waals surface area contributed by atoms with E-state index in [-0.39, 0.29) is 0 Å². The van der Waals surface area contributed by atoms with Crippen molar-refractivity contribution in [3.05, 3.63) is 166 Å². The highest BCUT2D eigenvalue weighted by Crippen LogP contribution is 2.39. The first-order valence-electron chi connectivity index (χ1n) is 24.7. The third-order valence-electron chi connectivity index (χ3n) is 13.4. The highest BCUT2D eigenvalue weighted by Gasteiger charge is 2.21. The van der Waals surface area contributed by atoms with E-state index in [1.807, 2.05) is 84.9 Å². The van der Waals surface area contributed by atoms with Gasteiger partial charge in [-0.15, -0.1) is 0 Å². The summed E-state index contributed by atoms with van der Waals surface area (Å²) >= 11 is 0. The van der Waals surface area contributed by atoms with Crippen LogP contribution in [0.1, 0.15) is 44.9 Å². The van der Waals surface area contributed by atoms with Crippen molar-refractivity contribution in [2.75, 3.05) is 63.1 Å². The average Bonchev–Trinajstić information content (AvgIpc) is 3.39. The molecule has 0 aliphatic carbocycles. The van der Waals surface area contributed by atoms with Crippen LogP contribution in [0.4, 0.5) is 11.4 Å². The smallest absolute Gasteiger partial charge is 0.344 e. The van der Waals surface area contributed by atoms with Crippen LogP contribution in [0.25, 0.3) is 66.4 Å². The molecule has 2 aliphatic heterocycles. The number of anilines is 2. The van der Waals surface area contributed by atoms with Crippen LogP contribution in [0.15, 0.2) is 164 Å². The van der Waals surface area contributed by atoms with E-state index in [2.05, 4.69) is 20.4 Å². The molecular weight excluding hydrogens is 893 g/mol. The Labute approximate surface area is 411 Å². The summed E-state index contributed by atoms with van der Waals surface area (Å²) in [6, 6.07) is 44.3. The van der Waals surface area contributed by atoms with Crippen LogP contribution in [-0.4, -0.2) is 74.1 Å². The van der Waals surface area contributed by atoms with E-state index in [0.29, 0.717) is 58.0 Å². The lowest BCUT2D eigenvalue weighted by molar-refractivity contribution is -0.123. The van der Waals surface area contributed by atoms with E-state index >= 15 is 0 Å². The molecule has 12 heteroatoms. The first-order valence-corrected chi connectivity index (χ1v) is 24.7. The number of ether oxygens (including phenoxy) is 2. The van der Waals surface area contributed by atoms with E-state index in [1.54, 1.807) is 60.7 Å². The molecule has 2 fully saturated rings. The zero-order chi connectivity index (χ0) is 48.5. The zero-order valence-electron chi connectivity index (χ0n) is 39.6. The summed E-state index contributed by atoms with van der Waals surface area (Å²) in [7, 11) is 0. The largest absolute Gasteiger partial charge is 0.492 e. The fraction of sp³-hybridized carbons (Fsp3) is 0.254. The monoisotopic (exact) mass is 948 g/mol. The molecule has 0 bridgehead atoms. The number of amides is 2. The lowest BCUT2D eigenvalue weighted by atomic mass is 9.93. The summed E-state index contributed by atoms with van der Waals surface area (Å²) in [6.07, 6.45) is 7.07. The summed E-state index contributed by atoms with van der Waals surface area (Å²) in [4.78, 5) is 58.6. The number of carbonyl (C=O) groups is 2. The van der Waals surface area contributed by atoms with Gasteiger partial charge in [-0.2, -0.15) is 0 Å². The Bertz CT molecular complexity index is 3040. The molecule has 0 saturated carbocycles. The number of likely N-dealkylation sites (tertiary alicyclic amines) is 2. The molecule has 10 rings (SSSR count). The predicted molar refractivity (Wildman–Crippen MR) is 280 cm³/mol. The number of rotatable bonds is 16. The van der Waals surface area contributed by atoms with Crippen LogP contribution in [0.3, 0.4) is 0 Å². The van der Waals surface area contributed by atoms with Gasteiger partial charge in [0.15, 0.2) is 0 Å². The van der Waals surface area contributed by atoms with Crippen LogP contribution < -0.4 is 31.4 Å². The molecule has 360 valence electrons. The number of nitrogens with zero attached hydrogens (tertiary/aromatic N) is 2. The van der Waals surface area contributed by atoms with Crippen LogP contribution in [0.5, 0.6) is 11.5 Å². The summed E-state index contributed by atoms with van der Waals surface area (Å²) in [5.74, 6) is 0.478. The highest BCUT2D eigenvalue weighted by atomic mass is 16.5. The molecule has 71 heavy (non-hydrogen) atoms. The Morgan fingerprint density at radius 1 is 0.437 bits per heavy atom. The number of carbonyl (C=O) groups excluding carboxylic acids is 2. The minimum absolute atomic E-state index is 0.390. The van der Waals surface area contributed by atoms with E-state index in [0.717, 1.165) is 83.8 Å². The molecule has 2 amide bonds. The van der Waals surface area contributed by atoms with E-state index in [9.17, 15) is 19.2 Å². The van der Waals surface area contributed by atoms with Gasteiger partial charge in [0.1, 0.15) is 42.3 Å². The SMILES string of the molecule is O=C(CC(=O)Nc1ccc(-c2c(-c3ccc(OCCN4CCCCC4)cc3)c3ccccc3oc2=O)cc1)Nc1ccc(-c2c(-c3ccc(OCCN4CCCCC4)cc3)c3ccccc3oc2=O)cc1. The molecular formula is C59H56N4O8. The molecule has 6 aromatic carbocycles. The molecule has 2 aromatic heterocycles. The molecule has 0 atom stereocenters. The van der Waals surface area contributed by atoms with Gasteiger partial charge in [0.2, 0.25) is 11.8 Å².